The Hall–Kier alpha value is -1.34. The van der Waals surface area contributed by atoms with Crippen LogP contribution in [0.1, 0.15) is 12.0 Å². The maximum Gasteiger partial charge on any atom is 0.0345 e. The highest BCUT2D eigenvalue weighted by atomic mass is 32.1. The molecule has 15 heavy (non-hydrogen) atoms. The molecule has 0 saturated carbocycles. The lowest BCUT2D eigenvalue weighted by molar-refractivity contribution is 1.25. The predicted octanol–water partition coefficient (Wildman–Crippen LogP) is 4.58. The zero-order valence-corrected chi connectivity index (χ0v) is 9.46. The van der Waals surface area contributed by atoms with Gasteiger partial charge in [0.2, 0.25) is 0 Å². The molecule has 0 saturated heterocycles. The van der Waals surface area contributed by atoms with Gasteiger partial charge in [-0.05, 0) is 41.3 Å². The number of allylic oxidation sites excluding steroid dienone is 3. The molecule has 0 unspecified atom stereocenters. The van der Waals surface area contributed by atoms with E-state index >= 15 is 0 Å². The van der Waals surface area contributed by atoms with E-state index in [1.165, 1.54) is 15.6 Å². The molecule has 1 heterocycles. The van der Waals surface area contributed by atoms with Crippen LogP contribution >= 0.6 is 11.3 Å². The molecular formula is C14H14S. The summed E-state index contributed by atoms with van der Waals surface area (Å²) >= 11 is 1.80. The first-order valence-corrected chi connectivity index (χ1v) is 6.00. The van der Waals surface area contributed by atoms with Crippen molar-refractivity contribution in [2.45, 2.75) is 12.8 Å². The van der Waals surface area contributed by atoms with Gasteiger partial charge in [0, 0.05) is 4.70 Å². The van der Waals surface area contributed by atoms with Gasteiger partial charge in [0.1, 0.15) is 0 Å². The molecule has 0 fully saturated rings. The van der Waals surface area contributed by atoms with Gasteiger partial charge < -0.3 is 0 Å². The van der Waals surface area contributed by atoms with Gasteiger partial charge in [-0.2, -0.15) is 0 Å². The Kier molecular flexibility index (Phi) is 3.36. The second-order valence-electron chi connectivity index (χ2n) is 3.49. The highest BCUT2D eigenvalue weighted by Crippen LogP contribution is 2.22. The van der Waals surface area contributed by atoms with Gasteiger partial charge in [-0.3, -0.25) is 0 Å². The summed E-state index contributed by atoms with van der Waals surface area (Å²) in [6, 6.07) is 8.84. The van der Waals surface area contributed by atoms with Crippen LogP contribution in [0.15, 0.2) is 54.5 Å². The number of rotatable bonds is 4. The van der Waals surface area contributed by atoms with Crippen molar-refractivity contribution in [3.05, 3.63) is 60.0 Å². The number of fused-ring (bicyclic) bond motifs is 1. The van der Waals surface area contributed by atoms with Crippen molar-refractivity contribution < 1.29 is 0 Å². The molecular weight excluding hydrogens is 200 g/mol. The molecule has 0 spiro atoms. The lowest BCUT2D eigenvalue weighted by Crippen LogP contribution is -1.79. The maximum absolute atomic E-state index is 3.69. The molecule has 0 aliphatic carbocycles. The normalized spacial score (nSPS) is 11.2. The summed E-state index contributed by atoms with van der Waals surface area (Å²) in [4.78, 5) is 0. The van der Waals surface area contributed by atoms with E-state index < -0.39 is 0 Å². The monoisotopic (exact) mass is 214 g/mol. The maximum atomic E-state index is 3.69. The number of hydrogen-bond acceptors (Lipinski definition) is 1. The van der Waals surface area contributed by atoms with Crippen LogP contribution in [0.25, 0.3) is 10.1 Å². The van der Waals surface area contributed by atoms with Crippen LogP contribution < -0.4 is 0 Å². The third kappa shape index (κ3) is 2.57. The van der Waals surface area contributed by atoms with Gasteiger partial charge in [0.25, 0.3) is 0 Å². The van der Waals surface area contributed by atoms with Gasteiger partial charge in [0.05, 0.1) is 0 Å². The Balaban J connectivity index is 2.11. The molecule has 0 radical (unpaired) electrons. The molecule has 0 N–H and O–H groups in total. The Morgan fingerprint density at radius 3 is 3.00 bits per heavy atom. The smallest absolute Gasteiger partial charge is 0.0345 e. The number of benzene rings is 1. The first kappa shape index (κ1) is 10.2. The van der Waals surface area contributed by atoms with Crippen LogP contribution in [0, 0.1) is 0 Å². The Bertz CT molecular complexity index is 477. The molecule has 76 valence electrons. The van der Waals surface area contributed by atoms with Gasteiger partial charge in [0.15, 0.2) is 0 Å². The third-order valence-electron chi connectivity index (χ3n) is 2.34. The predicted molar refractivity (Wildman–Crippen MR) is 69.5 cm³/mol. The molecule has 1 aromatic heterocycles. The van der Waals surface area contributed by atoms with E-state index in [1.54, 1.807) is 11.3 Å². The molecule has 0 nitrogen and oxygen atoms in total. The van der Waals surface area contributed by atoms with E-state index in [0.29, 0.717) is 0 Å². The molecule has 2 rings (SSSR count). The highest BCUT2D eigenvalue weighted by Gasteiger charge is 1.95. The fraction of sp³-hybridized carbons (Fsp3) is 0.143. The molecule has 0 amide bonds. The Morgan fingerprint density at radius 2 is 2.13 bits per heavy atom. The summed E-state index contributed by atoms with van der Waals surface area (Å²) in [5.74, 6) is 0. The Labute approximate surface area is 94.6 Å². The molecule has 1 heteroatoms. The summed E-state index contributed by atoms with van der Waals surface area (Å²) in [5.41, 5.74) is 1.38. The van der Waals surface area contributed by atoms with Gasteiger partial charge in [-0.15, -0.1) is 17.9 Å². The zero-order chi connectivity index (χ0) is 10.5. The third-order valence-corrected chi connectivity index (χ3v) is 3.22. The number of thiophene rings is 1. The lowest BCUT2D eigenvalue weighted by Gasteiger charge is -1.96. The van der Waals surface area contributed by atoms with Crippen LogP contribution in [0.2, 0.25) is 0 Å². The van der Waals surface area contributed by atoms with Crippen molar-refractivity contribution >= 4 is 21.4 Å². The van der Waals surface area contributed by atoms with Crippen LogP contribution in [0.3, 0.4) is 0 Å². The molecule has 0 bridgehead atoms. The fourth-order valence-corrected chi connectivity index (χ4v) is 2.39. The van der Waals surface area contributed by atoms with E-state index in [4.69, 9.17) is 0 Å². The molecule has 0 aliphatic rings. The summed E-state index contributed by atoms with van der Waals surface area (Å²) in [7, 11) is 0. The minimum Gasteiger partial charge on any atom is -0.144 e. The zero-order valence-electron chi connectivity index (χ0n) is 8.65. The summed E-state index contributed by atoms with van der Waals surface area (Å²) in [5, 5.41) is 3.49. The van der Waals surface area contributed by atoms with Gasteiger partial charge in [-0.25, -0.2) is 0 Å². The van der Waals surface area contributed by atoms with Crippen molar-refractivity contribution in [1.29, 1.82) is 0 Å². The number of hydrogen-bond donors (Lipinski definition) is 0. The van der Waals surface area contributed by atoms with Crippen molar-refractivity contribution in [2.75, 3.05) is 0 Å². The topological polar surface area (TPSA) is 0 Å². The van der Waals surface area contributed by atoms with Crippen LogP contribution in [-0.4, -0.2) is 0 Å². The van der Waals surface area contributed by atoms with Crippen molar-refractivity contribution in [3.63, 3.8) is 0 Å². The van der Waals surface area contributed by atoms with Gasteiger partial charge in [-0.1, -0.05) is 30.4 Å². The van der Waals surface area contributed by atoms with Crippen molar-refractivity contribution in [3.8, 4) is 0 Å². The SMILES string of the molecule is C=CC/C=C/Cc1ccc2ccsc2c1. The van der Waals surface area contributed by atoms with E-state index in [1.807, 2.05) is 6.08 Å². The summed E-state index contributed by atoms with van der Waals surface area (Å²) < 4.78 is 1.38. The summed E-state index contributed by atoms with van der Waals surface area (Å²) in [6.07, 6.45) is 8.25. The molecule has 2 aromatic rings. The fourth-order valence-electron chi connectivity index (χ4n) is 1.54. The van der Waals surface area contributed by atoms with Gasteiger partial charge >= 0.3 is 0 Å². The van der Waals surface area contributed by atoms with E-state index in [0.717, 1.165) is 12.8 Å². The molecule has 0 aliphatic heterocycles. The first-order chi connectivity index (χ1) is 7.40. The molecule has 0 atom stereocenters. The average molecular weight is 214 g/mol. The minimum absolute atomic E-state index is 0.960. The van der Waals surface area contributed by atoms with Crippen LogP contribution in [0.4, 0.5) is 0 Å². The van der Waals surface area contributed by atoms with Crippen molar-refractivity contribution in [1.82, 2.24) is 0 Å². The second kappa shape index (κ2) is 4.94. The van der Waals surface area contributed by atoms with Crippen LogP contribution in [-0.2, 0) is 6.42 Å². The van der Waals surface area contributed by atoms with Crippen molar-refractivity contribution in [2.24, 2.45) is 0 Å². The minimum atomic E-state index is 0.960. The first-order valence-electron chi connectivity index (χ1n) is 5.12. The average Bonchev–Trinajstić information content (AvgIpc) is 2.71. The summed E-state index contributed by atoms with van der Waals surface area (Å²) in [6.45, 7) is 3.69. The van der Waals surface area contributed by atoms with E-state index in [2.05, 4.69) is 48.4 Å². The highest BCUT2D eigenvalue weighted by molar-refractivity contribution is 7.17. The van der Waals surface area contributed by atoms with E-state index in [9.17, 15) is 0 Å². The standard InChI is InChI=1S/C14H14S/c1-2-3-4-5-6-12-7-8-13-9-10-15-14(13)11-12/h2,4-5,7-11H,1,3,6H2/b5-4+. The molecule has 1 aromatic carbocycles. The lowest BCUT2D eigenvalue weighted by atomic mass is 10.1. The quantitative estimate of drug-likeness (QED) is 0.654. The largest absolute Gasteiger partial charge is 0.144 e. The Morgan fingerprint density at radius 1 is 1.20 bits per heavy atom. The van der Waals surface area contributed by atoms with Crippen LogP contribution in [0.5, 0.6) is 0 Å². The van der Waals surface area contributed by atoms with E-state index in [-0.39, 0.29) is 0 Å². The second-order valence-corrected chi connectivity index (χ2v) is 4.44.